The SMILES string of the molecule is CC(C)(C)[Si](C)(C)O[C@@H]1C=CC(n2c3cc(Cl)ccc3c3c4c(c5c6ccccc6[nH]c5c32)C(=O)NC4=O)C1. The van der Waals surface area contributed by atoms with E-state index in [1.807, 2.05) is 42.5 Å². The molecule has 2 N–H and O–H groups in total. The number of hydrogen-bond acceptors (Lipinski definition) is 3. The molecule has 0 saturated carbocycles. The molecule has 3 heterocycles. The van der Waals surface area contributed by atoms with E-state index in [9.17, 15) is 9.59 Å². The predicted octanol–water partition coefficient (Wildman–Crippen LogP) is 7.86. The average molecular weight is 556 g/mol. The highest BCUT2D eigenvalue weighted by Gasteiger charge is 2.41. The lowest BCUT2D eigenvalue weighted by Gasteiger charge is -2.38. The van der Waals surface area contributed by atoms with Crippen LogP contribution in [0.2, 0.25) is 23.2 Å². The molecule has 0 fully saturated rings. The molecule has 0 saturated heterocycles. The maximum atomic E-state index is 13.3. The van der Waals surface area contributed by atoms with Crippen molar-refractivity contribution >= 4 is 75.3 Å². The molecular formula is C31H30ClN3O3Si. The molecule has 2 amide bonds. The maximum Gasteiger partial charge on any atom is 0.259 e. The van der Waals surface area contributed by atoms with Gasteiger partial charge in [-0.15, -0.1) is 0 Å². The van der Waals surface area contributed by atoms with Crippen molar-refractivity contribution in [3.05, 3.63) is 70.8 Å². The van der Waals surface area contributed by atoms with Crippen LogP contribution in [-0.4, -0.2) is 35.8 Å². The first kappa shape index (κ1) is 24.6. The van der Waals surface area contributed by atoms with Crippen molar-refractivity contribution in [1.29, 1.82) is 0 Å². The van der Waals surface area contributed by atoms with Gasteiger partial charge in [-0.05, 0) is 36.3 Å². The monoisotopic (exact) mass is 555 g/mol. The number of allylic oxidation sites excluding steroid dienone is 1. The summed E-state index contributed by atoms with van der Waals surface area (Å²) in [5.74, 6) is -0.715. The molecule has 2 aliphatic rings. The van der Waals surface area contributed by atoms with E-state index in [-0.39, 0.29) is 29.0 Å². The van der Waals surface area contributed by atoms with Gasteiger partial charge in [-0.25, -0.2) is 0 Å². The lowest BCUT2D eigenvalue weighted by atomic mass is 9.96. The van der Waals surface area contributed by atoms with Gasteiger partial charge in [-0.2, -0.15) is 0 Å². The summed E-state index contributed by atoms with van der Waals surface area (Å²) in [6.45, 7) is 11.3. The molecule has 39 heavy (non-hydrogen) atoms. The predicted molar refractivity (Wildman–Crippen MR) is 160 cm³/mol. The molecule has 1 aliphatic heterocycles. The third-order valence-corrected chi connectivity index (χ3v) is 13.7. The smallest absolute Gasteiger partial charge is 0.259 e. The highest BCUT2D eigenvalue weighted by Crippen LogP contribution is 2.47. The van der Waals surface area contributed by atoms with Crippen molar-refractivity contribution in [1.82, 2.24) is 14.9 Å². The Kier molecular flexibility index (Phi) is 5.10. The molecule has 5 aromatic rings. The van der Waals surface area contributed by atoms with Gasteiger partial charge in [0.2, 0.25) is 0 Å². The van der Waals surface area contributed by atoms with Gasteiger partial charge in [0, 0.05) is 38.5 Å². The lowest BCUT2D eigenvalue weighted by Crippen LogP contribution is -2.43. The Hall–Kier alpha value is -3.39. The molecule has 0 spiro atoms. The number of rotatable bonds is 3. The van der Waals surface area contributed by atoms with E-state index in [0.29, 0.717) is 16.1 Å². The van der Waals surface area contributed by atoms with Crippen LogP contribution < -0.4 is 5.32 Å². The summed E-state index contributed by atoms with van der Waals surface area (Å²) in [4.78, 5) is 30.1. The molecular weight excluding hydrogens is 526 g/mol. The van der Waals surface area contributed by atoms with Crippen LogP contribution in [0.5, 0.6) is 0 Å². The van der Waals surface area contributed by atoms with Crippen LogP contribution in [0.25, 0.3) is 43.6 Å². The summed E-state index contributed by atoms with van der Waals surface area (Å²) in [5.41, 5.74) is 4.49. The van der Waals surface area contributed by atoms with Crippen LogP contribution in [-0.2, 0) is 4.43 Å². The van der Waals surface area contributed by atoms with Crippen LogP contribution >= 0.6 is 11.6 Å². The molecule has 198 valence electrons. The molecule has 0 radical (unpaired) electrons. The van der Waals surface area contributed by atoms with Gasteiger partial charge in [0.25, 0.3) is 11.8 Å². The first-order valence-corrected chi connectivity index (χ1v) is 16.7. The van der Waals surface area contributed by atoms with Crippen LogP contribution in [0.1, 0.15) is 53.9 Å². The van der Waals surface area contributed by atoms with E-state index >= 15 is 0 Å². The molecule has 0 bridgehead atoms. The number of amides is 2. The van der Waals surface area contributed by atoms with E-state index in [1.165, 1.54) is 0 Å². The topological polar surface area (TPSA) is 76.1 Å². The second-order valence-electron chi connectivity index (χ2n) is 12.3. The fourth-order valence-electron chi connectivity index (χ4n) is 6.12. The van der Waals surface area contributed by atoms with Crippen LogP contribution in [0, 0.1) is 0 Å². The normalized spacial score (nSPS) is 19.7. The highest BCUT2D eigenvalue weighted by molar-refractivity contribution is 6.74. The number of halogens is 1. The van der Waals surface area contributed by atoms with E-state index in [1.54, 1.807) is 0 Å². The summed E-state index contributed by atoms with van der Waals surface area (Å²) in [6.07, 6.45) is 5.17. The number of imide groups is 1. The van der Waals surface area contributed by atoms with Gasteiger partial charge in [-0.1, -0.05) is 68.8 Å². The third kappa shape index (κ3) is 3.43. The Bertz CT molecular complexity index is 1920. The van der Waals surface area contributed by atoms with Crippen molar-refractivity contribution in [2.24, 2.45) is 0 Å². The molecule has 1 aliphatic carbocycles. The zero-order valence-electron chi connectivity index (χ0n) is 22.6. The summed E-state index contributed by atoms with van der Waals surface area (Å²) in [5, 5.41) is 6.67. The number of aromatic nitrogens is 2. The molecule has 8 heteroatoms. The molecule has 7 rings (SSSR count). The number of fused-ring (bicyclic) bond motifs is 10. The minimum absolute atomic E-state index is 0.0000781. The number of H-pyrrole nitrogens is 1. The first-order valence-electron chi connectivity index (χ1n) is 13.4. The molecule has 2 atom stereocenters. The van der Waals surface area contributed by atoms with E-state index in [0.717, 1.165) is 50.0 Å². The summed E-state index contributed by atoms with van der Waals surface area (Å²) >= 11 is 6.55. The number of para-hydroxylation sites is 1. The van der Waals surface area contributed by atoms with Gasteiger partial charge in [0.15, 0.2) is 8.32 Å². The number of benzene rings is 3. The molecule has 1 unspecified atom stereocenters. The fraction of sp³-hybridized carbons (Fsp3) is 0.290. The molecule has 3 aromatic carbocycles. The zero-order valence-corrected chi connectivity index (χ0v) is 24.4. The Labute approximate surface area is 232 Å². The van der Waals surface area contributed by atoms with Crippen molar-refractivity contribution < 1.29 is 14.0 Å². The Morgan fingerprint density at radius 3 is 2.44 bits per heavy atom. The second-order valence-corrected chi connectivity index (χ2v) is 17.5. The van der Waals surface area contributed by atoms with Crippen LogP contribution in [0.4, 0.5) is 0 Å². The summed E-state index contributed by atoms with van der Waals surface area (Å²) < 4.78 is 9.06. The lowest BCUT2D eigenvalue weighted by molar-refractivity contribution is 0.0880. The number of nitrogens with zero attached hydrogens (tertiary/aromatic N) is 1. The Balaban J connectivity index is 1.54. The Morgan fingerprint density at radius 2 is 1.69 bits per heavy atom. The van der Waals surface area contributed by atoms with Crippen molar-refractivity contribution in [3.63, 3.8) is 0 Å². The summed E-state index contributed by atoms with van der Waals surface area (Å²) in [7, 11) is -1.98. The standard InChI is InChI=1S/C31H30ClN3O3Si/c1-31(2,3)39(4,5)38-18-12-11-17(15-18)35-22-14-16(32)10-13-20(22)24-26-25(29(36)34-30(26)37)23-19-8-6-7-9-21(19)33-27(23)28(24)35/h6-14,17-18,33H,15H2,1-5H3,(H,34,36,37)/t17?,18-/m1/s1. The fourth-order valence-corrected chi connectivity index (χ4v) is 7.57. The molecule has 6 nitrogen and oxygen atoms in total. The van der Waals surface area contributed by atoms with Gasteiger partial charge >= 0.3 is 0 Å². The number of aromatic amines is 1. The minimum atomic E-state index is -1.98. The van der Waals surface area contributed by atoms with E-state index < -0.39 is 8.32 Å². The van der Waals surface area contributed by atoms with Gasteiger partial charge in [-0.3, -0.25) is 14.9 Å². The van der Waals surface area contributed by atoms with Gasteiger partial charge in [0.1, 0.15) is 0 Å². The quantitative estimate of drug-likeness (QED) is 0.135. The van der Waals surface area contributed by atoms with E-state index in [2.05, 4.69) is 60.9 Å². The van der Waals surface area contributed by atoms with E-state index in [4.69, 9.17) is 16.0 Å². The van der Waals surface area contributed by atoms with Gasteiger partial charge in [0.05, 0.1) is 39.8 Å². The third-order valence-electron chi connectivity index (χ3n) is 8.95. The highest BCUT2D eigenvalue weighted by atomic mass is 35.5. The first-order chi connectivity index (χ1) is 18.5. The Morgan fingerprint density at radius 1 is 0.974 bits per heavy atom. The number of hydrogen-bond donors (Lipinski definition) is 2. The van der Waals surface area contributed by atoms with Crippen molar-refractivity contribution in [3.8, 4) is 0 Å². The zero-order chi connectivity index (χ0) is 27.4. The van der Waals surface area contributed by atoms with Crippen LogP contribution in [0.3, 0.4) is 0 Å². The number of nitrogens with one attached hydrogen (secondary N) is 2. The largest absolute Gasteiger partial charge is 0.410 e. The van der Waals surface area contributed by atoms with Crippen molar-refractivity contribution in [2.75, 3.05) is 0 Å². The van der Waals surface area contributed by atoms with Gasteiger partial charge < -0.3 is 14.0 Å². The minimum Gasteiger partial charge on any atom is -0.410 e. The number of carbonyl (C=O) groups is 2. The number of carbonyl (C=O) groups excluding carboxylic acids is 2. The average Bonchev–Trinajstić information content (AvgIpc) is 3.60. The maximum absolute atomic E-state index is 13.3. The second kappa shape index (κ2) is 8.07. The van der Waals surface area contributed by atoms with Crippen LogP contribution in [0.15, 0.2) is 54.6 Å². The summed E-state index contributed by atoms with van der Waals surface area (Å²) in [6, 6.07) is 13.7. The van der Waals surface area contributed by atoms with Crippen molar-refractivity contribution in [2.45, 2.75) is 57.5 Å². The molecule has 2 aromatic heterocycles.